The van der Waals surface area contributed by atoms with Crippen LogP contribution in [0, 0.1) is 0 Å². The normalized spacial score (nSPS) is 11.2. The Bertz CT molecular complexity index is 467. The average molecular weight is 550 g/mol. The second kappa shape index (κ2) is 25.5. The quantitative estimate of drug-likeness (QED) is 0.111. The Kier molecular flexibility index (Phi) is 26.7. The monoisotopic (exact) mass is 548 g/mol. The first kappa shape index (κ1) is 35.6. The van der Waals surface area contributed by atoms with Gasteiger partial charge in [0.05, 0.1) is 34.3 Å². The fraction of sp³-hybridized carbons (Fsp3) is 0.893. The van der Waals surface area contributed by atoms with Gasteiger partial charge in [-0.25, -0.2) is 4.79 Å². The van der Waals surface area contributed by atoms with Gasteiger partial charge in [0.2, 0.25) is 0 Å². The second-order valence-corrected chi connectivity index (χ2v) is 10.6. The van der Waals surface area contributed by atoms with Crippen LogP contribution in [-0.4, -0.2) is 64.6 Å². The van der Waals surface area contributed by atoms with E-state index in [1.54, 1.807) is 0 Å². The number of carbonyl (C=O) groups excluding carboxylic acids is 1. The number of hydrogen-bond acceptors (Lipinski definition) is 3. The molecule has 0 aliphatic heterocycles. The highest BCUT2D eigenvalue weighted by molar-refractivity contribution is 5.67. The van der Waals surface area contributed by atoms with Gasteiger partial charge in [0.1, 0.15) is 6.61 Å². The molecule has 0 fully saturated rings. The smallest absolute Gasteiger partial charge is 0.407 e. The molecule has 0 radical (unpaired) electrons. The molecule has 0 saturated heterocycles. The van der Waals surface area contributed by atoms with Crippen molar-refractivity contribution in [2.75, 3.05) is 54.1 Å². The van der Waals surface area contributed by atoms with E-state index < -0.39 is 0 Å². The highest BCUT2D eigenvalue weighted by Gasteiger charge is 2.07. The molecule has 0 rings (SSSR count). The summed E-state index contributed by atoms with van der Waals surface area (Å²) < 4.78 is 11.8. The topological polar surface area (TPSA) is 47.6 Å². The number of halogens is 1. The van der Waals surface area contributed by atoms with Crippen molar-refractivity contribution in [2.45, 2.75) is 110 Å². The summed E-state index contributed by atoms with van der Waals surface area (Å²) >= 11 is 0. The standard InChI is InChI=1S/C28H56N2O3.BrH/c1-6-7-8-9-10-11-12-13-14-15-16-17-18-21-24-32-25-27(2)26-33-28(31)29-22-19-20-23-30(3,4)5;/h2,6-26H2,1,3-5H3;1H. The molecule has 1 amide bonds. The van der Waals surface area contributed by atoms with E-state index in [-0.39, 0.29) is 29.7 Å². The predicted octanol–water partition coefficient (Wildman–Crippen LogP) is 4.26. The summed E-state index contributed by atoms with van der Waals surface area (Å²) in [6.07, 6.45) is 20.8. The van der Waals surface area contributed by atoms with Crippen LogP contribution in [0.2, 0.25) is 0 Å². The largest absolute Gasteiger partial charge is 1.00 e. The van der Waals surface area contributed by atoms with Gasteiger partial charge < -0.3 is 36.3 Å². The first-order valence-corrected chi connectivity index (χ1v) is 13.8. The summed E-state index contributed by atoms with van der Waals surface area (Å²) in [4.78, 5) is 11.7. The number of carbonyl (C=O) groups is 1. The first-order valence-electron chi connectivity index (χ1n) is 13.8. The van der Waals surface area contributed by atoms with Gasteiger partial charge in [0, 0.05) is 13.2 Å². The Hall–Kier alpha value is -0.590. The Labute approximate surface area is 222 Å². The van der Waals surface area contributed by atoms with Gasteiger partial charge in [0.15, 0.2) is 0 Å². The van der Waals surface area contributed by atoms with E-state index in [2.05, 4.69) is 40.0 Å². The molecule has 204 valence electrons. The molecule has 0 aromatic carbocycles. The van der Waals surface area contributed by atoms with Crippen LogP contribution in [0.25, 0.3) is 0 Å². The van der Waals surface area contributed by atoms with Crippen LogP contribution in [-0.2, 0) is 9.47 Å². The van der Waals surface area contributed by atoms with Crippen LogP contribution in [0.3, 0.4) is 0 Å². The van der Waals surface area contributed by atoms with Crippen LogP contribution in [0.15, 0.2) is 12.2 Å². The fourth-order valence-corrected chi connectivity index (χ4v) is 3.78. The van der Waals surface area contributed by atoms with Crippen molar-refractivity contribution >= 4 is 6.09 Å². The number of nitrogens with zero attached hydrogens (tertiary/aromatic N) is 1. The van der Waals surface area contributed by atoms with Crippen molar-refractivity contribution in [3.63, 3.8) is 0 Å². The zero-order chi connectivity index (χ0) is 24.6. The molecule has 0 saturated carbocycles. The molecule has 0 aliphatic rings. The van der Waals surface area contributed by atoms with Crippen LogP contribution < -0.4 is 22.3 Å². The van der Waals surface area contributed by atoms with E-state index in [1.807, 2.05) is 0 Å². The van der Waals surface area contributed by atoms with Gasteiger partial charge in [-0.15, -0.1) is 0 Å². The number of rotatable bonds is 24. The Morgan fingerprint density at radius 1 is 0.735 bits per heavy atom. The lowest BCUT2D eigenvalue weighted by molar-refractivity contribution is -0.870. The fourth-order valence-electron chi connectivity index (χ4n) is 3.78. The number of nitrogens with one attached hydrogen (secondary N) is 1. The summed E-state index contributed by atoms with van der Waals surface area (Å²) in [5.41, 5.74) is 0.806. The molecular weight excluding hydrogens is 492 g/mol. The molecule has 0 bridgehead atoms. The molecule has 0 aromatic rings. The van der Waals surface area contributed by atoms with Crippen LogP contribution in [0.1, 0.15) is 110 Å². The summed E-state index contributed by atoms with van der Waals surface area (Å²) in [6.45, 7) is 9.43. The van der Waals surface area contributed by atoms with Gasteiger partial charge in [-0.1, -0.05) is 97.0 Å². The summed E-state index contributed by atoms with van der Waals surface area (Å²) in [5.74, 6) is 0. The van der Waals surface area contributed by atoms with Crippen molar-refractivity contribution in [3.05, 3.63) is 12.2 Å². The second-order valence-electron chi connectivity index (χ2n) is 10.6. The molecule has 0 aliphatic carbocycles. The maximum Gasteiger partial charge on any atom is 0.407 e. The lowest BCUT2D eigenvalue weighted by Crippen LogP contribution is -3.00. The number of hydrogen-bond donors (Lipinski definition) is 1. The molecular formula is C28H57BrN2O3. The van der Waals surface area contributed by atoms with Crippen LogP contribution in [0.5, 0.6) is 0 Å². The summed E-state index contributed by atoms with van der Waals surface area (Å²) in [6, 6.07) is 0. The number of ether oxygens (including phenoxy) is 2. The van der Waals surface area contributed by atoms with Crippen molar-refractivity contribution in [1.82, 2.24) is 5.32 Å². The third kappa shape index (κ3) is 29.4. The number of unbranched alkanes of at least 4 members (excludes halogenated alkanes) is 14. The molecule has 0 unspecified atom stereocenters. The lowest BCUT2D eigenvalue weighted by Gasteiger charge is -2.23. The molecule has 1 N–H and O–H groups in total. The zero-order valence-corrected chi connectivity index (χ0v) is 24.7. The average Bonchev–Trinajstić information content (AvgIpc) is 2.76. The van der Waals surface area contributed by atoms with Crippen molar-refractivity contribution in [1.29, 1.82) is 0 Å². The van der Waals surface area contributed by atoms with Gasteiger partial charge in [-0.05, 0) is 24.8 Å². The van der Waals surface area contributed by atoms with E-state index in [9.17, 15) is 4.79 Å². The lowest BCUT2D eigenvalue weighted by atomic mass is 10.0. The van der Waals surface area contributed by atoms with Crippen LogP contribution >= 0.6 is 0 Å². The minimum Gasteiger partial charge on any atom is -1.00 e. The predicted molar refractivity (Wildman–Crippen MR) is 142 cm³/mol. The maximum absolute atomic E-state index is 11.7. The van der Waals surface area contributed by atoms with Crippen molar-refractivity contribution in [3.8, 4) is 0 Å². The third-order valence-corrected chi connectivity index (χ3v) is 5.88. The van der Waals surface area contributed by atoms with E-state index >= 15 is 0 Å². The minimum absolute atomic E-state index is 0. The molecule has 0 atom stereocenters. The van der Waals surface area contributed by atoms with Crippen molar-refractivity contribution < 1.29 is 35.7 Å². The van der Waals surface area contributed by atoms with E-state index in [4.69, 9.17) is 9.47 Å². The molecule has 34 heavy (non-hydrogen) atoms. The molecule has 0 spiro atoms. The van der Waals surface area contributed by atoms with E-state index in [1.165, 1.54) is 83.5 Å². The molecule has 6 heteroatoms. The Morgan fingerprint density at radius 3 is 1.74 bits per heavy atom. The molecule has 0 aromatic heterocycles. The van der Waals surface area contributed by atoms with E-state index in [0.29, 0.717) is 13.2 Å². The van der Waals surface area contributed by atoms with Crippen molar-refractivity contribution in [2.24, 2.45) is 0 Å². The Morgan fingerprint density at radius 2 is 1.24 bits per heavy atom. The summed E-state index contributed by atoms with van der Waals surface area (Å²) in [7, 11) is 6.53. The van der Waals surface area contributed by atoms with Gasteiger partial charge in [-0.2, -0.15) is 0 Å². The first-order chi connectivity index (χ1) is 15.8. The molecule has 5 nitrogen and oxygen atoms in total. The van der Waals surface area contributed by atoms with Gasteiger partial charge in [0.25, 0.3) is 0 Å². The minimum atomic E-state index is -0.367. The summed E-state index contributed by atoms with van der Waals surface area (Å²) in [5, 5.41) is 2.80. The van der Waals surface area contributed by atoms with Gasteiger partial charge >= 0.3 is 6.09 Å². The highest BCUT2D eigenvalue weighted by Crippen LogP contribution is 2.13. The molecule has 0 heterocycles. The zero-order valence-electron chi connectivity index (χ0n) is 23.1. The van der Waals surface area contributed by atoms with Crippen LogP contribution in [0.4, 0.5) is 4.79 Å². The number of alkyl carbamates (subject to hydrolysis) is 1. The number of amides is 1. The van der Waals surface area contributed by atoms with E-state index in [0.717, 1.165) is 42.5 Å². The third-order valence-electron chi connectivity index (χ3n) is 5.88. The maximum atomic E-state index is 11.7. The number of quaternary nitrogens is 1. The Balaban J connectivity index is 0. The highest BCUT2D eigenvalue weighted by atomic mass is 79.9. The van der Waals surface area contributed by atoms with Gasteiger partial charge in [-0.3, -0.25) is 0 Å². The SMILES string of the molecule is C=C(COCCCCCCCCCCCCCCCC)COC(=O)NCCCC[N+](C)(C)C.[Br-].